The van der Waals surface area contributed by atoms with Crippen molar-refractivity contribution < 1.29 is 28.0 Å². The van der Waals surface area contributed by atoms with Crippen LogP contribution in [0, 0.1) is 0 Å². The van der Waals surface area contributed by atoms with Crippen LogP contribution in [0.2, 0.25) is 0 Å². The molecule has 2 atom stereocenters. The van der Waals surface area contributed by atoms with Gasteiger partial charge in [-0.15, -0.1) is 0 Å². The fourth-order valence-electron chi connectivity index (χ4n) is 2.86. The summed E-state index contributed by atoms with van der Waals surface area (Å²) >= 11 is 0. The van der Waals surface area contributed by atoms with Gasteiger partial charge in [-0.2, -0.15) is 0 Å². The van der Waals surface area contributed by atoms with Crippen molar-refractivity contribution >= 4 is 12.2 Å². The smallest absolute Gasteiger partial charge is 0.404 e. The third kappa shape index (κ3) is 11.9. The Bertz CT molecular complexity index is 390. The van der Waals surface area contributed by atoms with Crippen molar-refractivity contribution in [2.24, 2.45) is 11.5 Å². The standard InChI is InChI=1S/C18H38N4O4/c1-21(2,3)15(13-25-17(19)23)11-9-7-8-10-12-16(22(4,5)6)14-26-18(20)24/h15-16H,7-14H2,1-6H3,(H2-2,19,20,23,24)/p+2. The summed E-state index contributed by atoms with van der Waals surface area (Å²) in [5.41, 5.74) is 10.2. The number of quaternary nitrogens is 2. The first kappa shape index (κ1) is 24.5. The Hall–Kier alpha value is -1.54. The van der Waals surface area contributed by atoms with Gasteiger partial charge in [0, 0.05) is 12.8 Å². The molecule has 2 amide bonds. The molecule has 154 valence electrons. The minimum Gasteiger partial charge on any atom is -0.443 e. The molecule has 0 radical (unpaired) electrons. The molecular weight excluding hydrogens is 336 g/mol. The lowest BCUT2D eigenvalue weighted by Crippen LogP contribution is -2.48. The van der Waals surface area contributed by atoms with Crippen molar-refractivity contribution in [3.05, 3.63) is 0 Å². The second kappa shape index (κ2) is 11.2. The molecule has 0 saturated carbocycles. The van der Waals surface area contributed by atoms with Crippen LogP contribution in [0.3, 0.4) is 0 Å². The van der Waals surface area contributed by atoms with Gasteiger partial charge in [0.05, 0.1) is 42.3 Å². The number of likely N-dealkylation sites (N-methyl/N-ethyl adjacent to an activating group) is 2. The fraction of sp³-hybridized carbons (Fsp3) is 0.889. The Morgan fingerprint density at radius 2 is 1.00 bits per heavy atom. The summed E-state index contributed by atoms with van der Waals surface area (Å²) in [6.45, 7) is 0.708. The van der Waals surface area contributed by atoms with Gasteiger partial charge in [0.1, 0.15) is 25.3 Å². The maximum atomic E-state index is 10.8. The molecule has 0 heterocycles. The van der Waals surface area contributed by atoms with Gasteiger partial charge in [0.15, 0.2) is 0 Å². The summed E-state index contributed by atoms with van der Waals surface area (Å²) < 4.78 is 11.5. The van der Waals surface area contributed by atoms with Crippen LogP contribution < -0.4 is 11.5 Å². The number of ether oxygens (including phenoxy) is 2. The van der Waals surface area contributed by atoms with Crippen LogP contribution >= 0.6 is 0 Å². The lowest BCUT2D eigenvalue weighted by Gasteiger charge is -2.34. The third-order valence-corrected chi connectivity index (χ3v) is 4.85. The Morgan fingerprint density at radius 3 is 1.23 bits per heavy atom. The number of hydrogen-bond donors (Lipinski definition) is 2. The Morgan fingerprint density at radius 1 is 0.692 bits per heavy atom. The zero-order chi connectivity index (χ0) is 20.4. The summed E-state index contributed by atoms with van der Waals surface area (Å²) in [7, 11) is 12.6. The third-order valence-electron chi connectivity index (χ3n) is 4.85. The molecule has 0 aliphatic rings. The van der Waals surface area contributed by atoms with Crippen LogP contribution in [0.1, 0.15) is 38.5 Å². The number of rotatable bonds is 13. The zero-order valence-electron chi connectivity index (χ0n) is 17.5. The lowest BCUT2D eigenvalue weighted by atomic mass is 10.0. The van der Waals surface area contributed by atoms with Crippen LogP contribution in [0.5, 0.6) is 0 Å². The first-order valence-electron chi connectivity index (χ1n) is 9.30. The molecule has 0 saturated heterocycles. The summed E-state index contributed by atoms with van der Waals surface area (Å²) in [5.74, 6) is 0. The highest BCUT2D eigenvalue weighted by atomic mass is 16.5. The first-order valence-corrected chi connectivity index (χ1v) is 9.30. The van der Waals surface area contributed by atoms with Crippen molar-refractivity contribution in [2.75, 3.05) is 55.5 Å². The normalized spacial score (nSPS) is 14.5. The largest absolute Gasteiger partial charge is 0.443 e. The molecule has 0 fully saturated rings. The van der Waals surface area contributed by atoms with Crippen LogP contribution in [0.4, 0.5) is 9.59 Å². The molecule has 0 rings (SSSR count). The minimum absolute atomic E-state index is 0.241. The number of unbranched alkanes of at least 4 members (excludes halogenated alkanes) is 3. The maximum Gasteiger partial charge on any atom is 0.404 e. The van der Waals surface area contributed by atoms with E-state index in [0.717, 1.165) is 47.5 Å². The molecule has 26 heavy (non-hydrogen) atoms. The Labute approximate surface area is 158 Å². The molecule has 0 aromatic heterocycles. The minimum atomic E-state index is -0.715. The monoisotopic (exact) mass is 376 g/mol. The number of carbonyl (C=O) groups excluding carboxylic acids is 2. The van der Waals surface area contributed by atoms with E-state index in [4.69, 9.17) is 20.9 Å². The summed E-state index contributed by atoms with van der Waals surface area (Å²) in [4.78, 5) is 21.7. The second-order valence-corrected chi connectivity index (χ2v) is 8.79. The lowest BCUT2D eigenvalue weighted by molar-refractivity contribution is -0.896. The van der Waals surface area contributed by atoms with Gasteiger partial charge in [0.2, 0.25) is 0 Å². The number of hydrogen-bond acceptors (Lipinski definition) is 4. The molecule has 0 aromatic rings. The molecule has 0 aliphatic carbocycles. The molecule has 0 bridgehead atoms. The van der Waals surface area contributed by atoms with Crippen molar-refractivity contribution in [3.63, 3.8) is 0 Å². The molecule has 2 unspecified atom stereocenters. The van der Waals surface area contributed by atoms with E-state index in [1.165, 1.54) is 0 Å². The maximum absolute atomic E-state index is 10.8. The molecular formula is C18H40N4O4+2. The van der Waals surface area contributed by atoms with E-state index in [9.17, 15) is 9.59 Å². The fourth-order valence-corrected chi connectivity index (χ4v) is 2.86. The van der Waals surface area contributed by atoms with Crippen molar-refractivity contribution in [3.8, 4) is 0 Å². The van der Waals surface area contributed by atoms with E-state index in [0.29, 0.717) is 13.2 Å². The number of amides is 2. The van der Waals surface area contributed by atoms with Gasteiger partial charge in [-0.25, -0.2) is 9.59 Å². The van der Waals surface area contributed by atoms with Crippen LogP contribution in [-0.2, 0) is 9.47 Å². The molecule has 8 heteroatoms. The van der Waals surface area contributed by atoms with E-state index in [1.807, 2.05) is 0 Å². The van der Waals surface area contributed by atoms with E-state index >= 15 is 0 Å². The van der Waals surface area contributed by atoms with Crippen LogP contribution in [0.15, 0.2) is 0 Å². The quantitative estimate of drug-likeness (QED) is 0.377. The summed E-state index contributed by atoms with van der Waals surface area (Å²) in [6.07, 6.45) is 4.94. The van der Waals surface area contributed by atoms with E-state index in [1.54, 1.807) is 0 Å². The predicted molar refractivity (Wildman–Crippen MR) is 102 cm³/mol. The van der Waals surface area contributed by atoms with Crippen LogP contribution in [0.25, 0.3) is 0 Å². The number of carbonyl (C=O) groups is 2. The molecule has 0 aliphatic heterocycles. The highest BCUT2D eigenvalue weighted by molar-refractivity contribution is 5.64. The second-order valence-electron chi connectivity index (χ2n) is 8.79. The molecule has 8 nitrogen and oxygen atoms in total. The number of nitrogens with zero attached hydrogens (tertiary/aromatic N) is 2. The van der Waals surface area contributed by atoms with Crippen LogP contribution in [-0.4, -0.2) is 88.7 Å². The van der Waals surface area contributed by atoms with Gasteiger partial charge < -0.3 is 29.9 Å². The number of nitrogens with two attached hydrogens (primary N) is 2. The SMILES string of the molecule is C[N+](C)(C)C(CCCCCCC(COC(N)=O)[N+](C)(C)C)COC(N)=O. The van der Waals surface area contributed by atoms with E-state index < -0.39 is 12.2 Å². The average molecular weight is 377 g/mol. The van der Waals surface area contributed by atoms with Gasteiger partial charge in [-0.05, 0) is 12.8 Å². The van der Waals surface area contributed by atoms with Gasteiger partial charge in [0.25, 0.3) is 0 Å². The van der Waals surface area contributed by atoms with Gasteiger partial charge in [-0.3, -0.25) is 0 Å². The van der Waals surface area contributed by atoms with Gasteiger partial charge >= 0.3 is 12.2 Å². The topological polar surface area (TPSA) is 105 Å². The van der Waals surface area contributed by atoms with Gasteiger partial charge in [-0.1, -0.05) is 12.8 Å². The van der Waals surface area contributed by atoms with E-state index in [-0.39, 0.29) is 12.1 Å². The summed E-state index contributed by atoms with van der Waals surface area (Å²) in [5, 5.41) is 0. The highest BCUT2D eigenvalue weighted by Gasteiger charge is 2.26. The number of primary amides is 2. The van der Waals surface area contributed by atoms with Crippen molar-refractivity contribution in [1.29, 1.82) is 0 Å². The molecule has 0 aromatic carbocycles. The van der Waals surface area contributed by atoms with E-state index in [2.05, 4.69) is 42.3 Å². The average Bonchev–Trinajstić information content (AvgIpc) is 2.45. The predicted octanol–water partition coefficient (Wildman–Crippen LogP) is 1.67. The van der Waals surface area contributed by atoms with Crippen molar-refractivity contribution in [1.82, 2.24) is 0 Å². The molecule has 0 spiro atoms. The highest BCUT2D eigenvalue weighted by Crippen LogP contribution is 2.17. The first-order chi connectivity index (χ1) is 11.8. The summed E-state index contributed by atoms with van der Waals surface area (Å²) in [6, 6.07) is 0.482. The zero-order valence-corrected chi connectivity index (χ0v) is 17.5. The van der Waals surface area contributed by atoms with Crippen molar-refractivity contribution in [2.45, 2.75) is 50.6 Å². The Kier molecular flexibility index (Phi) is 10.6. The molecule has 4 N–H and O–H groups in total. The Balaban J connectivity index is 4.17.